The average Bonchev–Trinajstić information content (AvgIpc) is 2.61. The fourth-order valence-electron chi connectivity index (χ4n) is 2.82. The molecule has 2 aliphatic heterocycles. The van der Waals surface area contributed by atoms with Crippen molar-refractivity contribution in [1.82, 2.24) is 14.8 Å². The number of carbonyl (C=O) groups is 1. The van der Waals surface area contributed by atoms with Gasteiger partial charge in [-0.05, 0) is 36.7 Å². The van der Waals surface area contributed by atoms with Crippen LogP contribution in [0.1, 0.15) is 18.9 Å². The number of thioether (sulfide) groups is 1. The lowest BCUT2D eigenvalue weighted by Crippen LogP contribution is -2.39. The molecule has 1 aromatic heterocycles. The summed E-state index contributed by atoms with van der Waals surface area (Å²) in [6.07, 6.45) is 4.75. The van der Waals surface area contributed by atoms with E-state index in [0.29, 0.717) is 5.17 Å². The first kappa shape index (κ1) is 19.0. The van der Waals surface area contributed by atoms with Crippen molar-refractivity contribution in [1.29, 1.82) is 0 Å². The summed E-state index contributed by atoms with van der Waals surface area (Å²) in [7, 11) is 0. The van der Waals surface area contributed by atoms with E-state index in [4.69, 9.17) is 4.74 Å². The van der Waals surface area contributed by atoms with Gasteiger partial charge in [0.25, 0.3) is 0 Å². The second-order valence-corrected chi connectivity index (χ2v) is 7.32. The molecule has 3 rings (SSSR count). The minimum absolute atomic E-state index is 0.0551. The number of amidine groups is 2. The van der Waals surface area contributed by atoms with Crippen molar-refractivity contribution in [3.63, 3.8) is 0 Å². The van der Waals surface area contributed by atoms with Crippen molar-refractivity contribution in [2.75, 3.05) is 45.9 Å². The molecule has 0 saturated carbocycles. The third-order valence-electron chi connectivity index (χ3n) is 4.18. The number of morpholine rings is 1. The van der Waals surface area contributed by atoms with Crippen LogP contribution in [0.3, 0.4) is 0 Å². The number of carbonyl (C=O) groups excluding carboxylic acids is 1. The summed E-state index contributed by atoms with van der Waals surface area (Å²) in [5.74, 6) is 0.0551. The van der Waals surface area contributed by atoms with Gasteiger partial charge in [0.2, 0.25) is 0 Å². The Bertz CT molecular complexity index is 659. The summed E-state index contributed by atoms with van der Waals surface area (Å²) in [5, 5.41) is 1.66. The van der Waals surface area contributed by atoms with Crippen LogP contribution in [0, 0.1) is 0 Å². The normalized spacial score (nSPS) is 19.1. The third kappa shape index (κ3) is 5.89. The number of Topliss-reactive ketones (excluding diaryl/α,β-unsaturated/α-hetero) is 1. The van der Waals surface area contributed by atoms with Gasteiger partial charge >= 0.3 is 0 Å². The van der Waals surface area contributed by atoms with Gasteiger partial charge < -0.3 is 9.64 Å². The van der Waals surface area contributed by atoms with Gasteiger partial charge in [-0.25, -0.2) is 0 Å². The number of aromatic nitrogens is 1. The number of aliphatic imine (C=N–C) groups is 2. The number of ketones is 1. The molecule has 0 amide bonds. The lowest BCUT2D eigenvalue weighted by Gasteiger charge is -2.31. The molecule has 1 fully saturated rings. The summed E-state index contributed by atoms with van der Waals surface area (Å²) >= 11 is 1.55. The zero-order valence-corrected chi connectivity index (χ0v) is 16.0. The smallest absolute Gasteiger partial charge is 0.193 e. The Balaban J connectivity index is 1.56. The first-order valence-corrected chi connectivity index (χ1v) is 9.77. The predicted molar refractivity (Wildman–Crippen MR) is 105 cm³/mol. The molecule has 26 heavy (non-hydrogen) atoms. The molecule has 140 valence electrons. The second kappa shape index (κ2) is 9.80. The van der Waals surface area contributed by atoms with Crippen molar-refractivity contribution in [3.05, 3.63) is 30.1 Å². The van der Waals surface area contributed by atoms with Gasteiger partial charge in [-0.2, -0.15) is 4.99 Å². The zero-order chi connectivity index (χ0) is 18.2. The third-order valence-corrected chi connectivity index (χ3v) is 5.12. The maximum absolute atomic E-state index is 11.0. The Morgan fingerprint density at radius 3 is 2.92 bits per heavy atom. The molecule has 8 heteroatoms. The quantitative estimate of drug-likeness (QED) is 0.688. The SMILES string of the molecule is CC(=O)CN=C1N=C(N(CCCN2CCOCC2)Cc2cccnc2)S1. The van der Waals surface area contributed by atoms with Gasteiger partial charge in [-0.15, -0.1) is 0 Å². The van der Waals surface area contributed by atoms with Crippen molar-refractivity contribution < 1.29 is 9.53 Å². The molecule has 0 atom stereocenters. The summed E-state index contributed by atoms with van der Waals surface area (Å²) in [6.45, 7) is 8.21. The molecular formula is C18H25N5O2S. The molecule has 0 unspecified atom stereocenters. The Hall–Kier alpha value is -1.77. The highest BCUT2D eigenvalue weighted by Crippen LogP contribution is 2.24. The Morgan fingerprint density at radius 1 is 1.42 bits per heavy atom. The monoisotopic (exact) mass is 375 g/mol. The minimum Gasteiger partial charge on any atom is -0.379 e. The average molecular weight is 375 g/mol. The Kier molecular flexibility index (Phi) is 7.16. The van der Waals surface area contributed by atoms with Crippen LogP contribution in [0.25, 0.3) is 0 Å². The van der Waals surface area contributed by atoms with E-state index >= 15 is 0 Å². The molecule has 7 nitrogen and oxygen atoms in total. The fraction of sp³-hybridized carbons (Fsp3) is 0.556. The van der Waals surface area contributed by atoms with Crippen LogP contribution in [0.4, 0.5) is 0 Å². The second-order valence-electron chi connectivity index (χ2n) is 6.39. The lowest BCUT2D eigenvalue weighted by molar-refractivity contribution is -0.115. The fourth-order valence-corrected chi connectivity index (χ4v) is 3.53. The molecule has 0 aromatic carbocycles. The molecular weight excluding hydrogens is 350 g/mol. The van der Waals surface area contributed by atoms with Crippen LogP contribution in [0.15, 0.2) is 34.5 Å². The zero-order valence-electron chi connectivity index (χ0n) is 15.1. The van der Waals surface area contributed by atoms with Crippen molar-refractivity contribution in [3.8, 4) is 0 Å². The maximum atomic E-state index is 11.0. The molecule has 0 N–H and O–H groups in total. The summed E-state index contributed by atoms with van der Waals surface area (Å²) in [4.78, 5) is 28.7. The van der Waals surface area contributed by atoms with Gasteiger partial charge in [0.1, 0.15) is 6.54 Å². The van der Waals surface area contributed by atoms with Gasteiger partial charge in [0.05, 0.1) is 13.2 Å². The highest BCUT2D eigenvalue weighted by molar-refractivity contribution is 8.28. The topological polar surface area (TPSA) is 70.4 Å². The molecule has 3 heterocycles. The summed E-state index contributed by atoms with van der Waals surface area (Å²) < 4.78 is 5.40. The van der Waals surface area contributed by atoms with Crippen molar-refractivity contribution >= 4 is 27.9 Å². The number of hydrogen-bond acceptors (Lipinski definition) is 7. The number of ether oxygens (including phenoxy) is 1. The van der Waals surface area contributed by atoms with E-state index in [-0.39, 0.29) is 12.3 Å². The highest BCUT2D eigenvalue weighted by atomic mass is 32.2. The first-order valence-electron chi connectivity index (χ1n) is 8.95. The Morgan fingerprint density at radius 2 is 2.23 bits per heavy atom. The van der Waals surface area contributed by atoms with Crippen LogP contribution < -0.4 is 0 Å². The number of hydrogen-bond donors (Lipinski definition) is 0. The highest BCUT2D eigenvalue weighted by Gasteiger charge is 2.24. The molecule has 1 aromatic rings. The van der Waals surface area contributed by atoms with Crippen LogP contribution in [0.2, 0.25) is 0 Å². The van der Waals surface area contributed by atoms with E-state index in [1.807, 2.05) is 12.3 Å². The van der Waals surface area contributed by atoms with Crippen molar-refractivity contribution in [2.45, 2.75) is 19.9 Å². The van der Waals surface area contributed by atoms with Crippen LogP contribution in [0.5, 0.6) is 0 Å². The van der Waals surface area contributed by atoms with E-state index in [0.717, 1.165) is 63.1 Å². The molecule has 2 aliphatic rings. The van der Waals surface area contributed by atoms with Crippen molar-refractivity contribution in [2.24, 2.45) is 9.98 Å². The summed E-state index contributed by atoms with van der Waals surface area (Å²) in [5.41, 5.74) is 1.16. The molecule has 0 spiro atoms. The van der Waals surface area contributed by atoms with E-state index < -0.39 is 0 Å². The molecule has 0 radical (unpaired) electrons. The van der Waals surface area contributed by atoms with Gasteiger partial charge in [-0.1, -0.05) is 6.07 Å². The van der Waals surface area contributed by atoms with Crippen LogP contribution in [-0.2, 0) is 16.1 Å². The van der Waals surface area contributed by atoms with E-state index in [9.17, 15) is 4.79 Å². The van der Waals surface area contributed by atoms with Crippen LogP contribution in [-0.4, -0.2) is 76.8 Å². The largest absolute Gasteiger partial charge is 0.379 e. The number of pyridine rings is 1. The maximum Gasteiger partial charge on any atom is 0.193 e. The van der Waals surface area contributed by atoms with E-state index in [1.165, 1.54) is 0 Å². The number of nitrogens with zero attached hydrogens (tertiary/aromatic N) is 5. The molecule has 1 saturated heterocycles. The Labute approximate surface area is 158 Å². The number of rotatable bonds is 8. The predicted octanol–water partition coefficient (Wildman–Crippen LogP) is 1.65. The standard InChI is InChI=1S/C18H25N5O2S/c1-15(24)12-20-17-21-18(26-17)23(14-16-4-2-5-19-13-16)7-3-6-22-8-10-25-11-9-22/h2,4-5,13H,3,6-12,14H2,1H3. The first-order chi connectivity index (χ1) is 12.7. The molecule has 0 aliphatic carbocycles. The lowest BCUT2D eigenvalue weighted by atomic mass is 10.2. The van der Waals surface area contributed by atoms with Crippen LogP contribution >= 0.6 is 11.8 Å². The summed E-state index contributed by atoms with van der Waals surface area (Å²) in [6, 6.07) is 4.04. The van der Waals surface area contributed by atoms with Gasteiger partial charge in [-0.3, -0.25) is 19.7 Å². The molecule has 0 bridgehead atoms. The van der Waals surface area contributed by atoms with Gasteiger partial charge in [0.15, 0.2) is 16.1 Å². The van der Waals surface area contributed by atoms with E-state index in [2.05, 4.69) is 30.8 Å². The van der Waals surface area contributed by atoms with E-state index in [1.54, 1.807) is 24.9 Å². The van der Waals surface area contributed by atoms with Gasteiger partial charge in [0, 0.05) is 45.1 Å². The minimum atomic E-state index is 0.0551.